The number of anilines is 1. The Bertz CT molecular complexity index is 218. The lowest BCUT2D eigenvalue weighted by Crippen LogP contribution is -1.88. The Morgan fingerprint density at radius 2 is 1.75 bits per heavy atom. The van der Waals surface area contributed by atoms with E-state index in [1.54, 1.807) is 0 Å². The second-order valence-electron chi connectivity index (χ2n) is 2.92. The molecule has 0 aliphatic rings. The first-order chi connectivity index (χ1) is 5.83. The van der Waals surface area contributed by atoms with E-state index in [1.165, 1.54) is 18.4 Å². The summed E-state index contributed by atoms with van der Waals surface area (Å²) >= 11 is 4.16. The van der Waals surface area contributed by atoms with Gasteiger partial charge in [0.25, 0.3) is 0 Å². The largest absolute Gasteiger partial charge is 0.399 e. The maximum absolute atomic E-state index is 5.57. The number of hydrogen-bond donors (Lipinski definition) is 2. The number of aryl methyl sites for hydroxylation is 1. The average Bonchev–Trinajstić information content (AvgIpc) is 2.09. The molecule has 0 aromatic heterocycles. The fourth-order valence-electron chi connectivity index (χ4n) is 1.13. The van der Waals surface area contributed by atoms with Gasteiger partial charge < -0.3 is 5.73 Å². The van der Waals surface area contributed by atoms with Crippen molar-refractivity contribution in [1.29, 1.82) is 0 Å². The number of unbranched alkanes of at least 4 members (excludes halogenated alkanes) is 1. The lowest BCUT2D eigenvalue weighted by molar-refractivity contribution is 0.804. The van der Waals surface area contributed by atoms with Crippen LogP contribution >= 0.6 is 12.6 Å². The van der Waals surface area contributed by atoms with Crippen molar-refractivity contribution < 1.29 is 0 Å². The molecule has 0 radical (unpaired) electrons. The molecule has 0 heterocycles. The van der Waals surface area contributed by atoms with Gasteiger partial charge in [-0.1, -0.05) is 12.1 Å². The smallest absolute Gasteiger partial charge is 0.0314 e. The summed E-state index contributed by atoms with van der Waals surface area (Å²) in [5.41, 5.74) is 7.78. The third kappa shape index (κ3) is 3.18. The van der Waals surface area contributed by atoms with Crippen LogP contribution < -0.4 is 5.73 Å². The van der Waals surface area contributed by atoms with Crippen molar-refractivity contribution in [3.05, 3.63) is 29.8 Å². The molecule has 2 N–H and O–H groups in total. The van der Waals surface area contributed by atoms with Crippen molar-refractivity contribution in [1.82, 2.24) is 0 Å². The summed E-state index contributed by atoms with van der Waals surface area (Å²) in [7, 11) is 0. The number of hydrogen-bond acceptors (Lipinski definition) is 2. The van der Waals surface area contributed by atoms with Crippen molar-refractivity contribution in [3.8, 4) is 0 Å². The molecule has 66 valence electrons. The van der Waals surface area contributed by atoms with Crippen LogP contribution in [0, 0.1) is 0 Å². The van der Waals surface area contributed by atoms with Crippen LogP contribution in [0.5, 0.6) is 0 Å². The maximum atomic E-state index is 5.57. The summed E-state index contributed by atoms with van der Waals surface area (Å²) in [6.07, 6.45) is 3.54. The van der Waals surface area contributed by atoms with E-state index in [1.807, 2.05) is 12.1 Å². The second-order valence-corrected chi connectivity index (χ2v) is 3.37. The summed E-state index contributed by atoms with van der Waals surface area (Å²) in [5, 5.41) is 0. The third-order valence-electron chi connectivity index (χ3n) is 1.85. The quantitative estimate of drug-likeness (QED) is 0.416. The van der Waals surface area contributed by atoms with Crippen molar-refractivity contribution >= 4 is 18.3 Å². The predicted molar refractivity (Wildman–Crippen MR) is 57.6 cm³/mol. The van der Waals surface area contributed by atoms with Gasteiger partial charge in [-0.15, -0.1) is 0 Å². The van der Waals surface area contributed by atoms with Crippen LogP contribution in [0.1, 0.15) is 18.4 Å². The van der Waals surface area contributed by atoms with E-state index in [0.717, 1.165) is 17.9 Å². The molecule has 0 atom stereocenters. The first-order valence-electron chi connectivity index (χ1n) is 4.28. The van der Waals surface area contributed by atoms with Gasteiger partial charge in [0.15, 0.2) is 0 Å². The van der Waals surface area contributed by atoms with Gasteiger partial charge in [-0.2, -0.15) is 12.6 Å². The molecule has 1 nitrogen and oxygen atoms in total. The zero-order valence-corrected chi connectivity index (χ0v) is 8.06. The summed E-state index contributed by atoms with van der Waals surface area (Å²) < 4.78 is 0. The number of nitrogen functional groups attached to an aromatic ring is 1. The van der Waals surface area contributed by atoms with E-state index in [9.17, 15) is 0 Å². The van der Waals surface area contributed by atoms with Gasteiger partial charge >= 0.3 is 0 Å². The van der Waals surface area contributed by atoms with E-state index >= 15 is 0 Å². The minimum absolute atomic E-state index is 0.841. The van der Waals surface area contributed by atoms with Crippen molar-refractivity contribution in [2.24, 2.45) is 0 Å². The summed E-state index contributed by atoms with van der Waals surface area (Å²) in [6, 6.07) is 8.09. The van der Waals surface area contributed by atoms with Gasteiger partial charge in [-0.25, -0.2) is 0 Å². The first-order valence-corrected chi connectivity index (χ1v) is 4.91. The molecular weight excluding hydrogens is 166 g/mol. The zero-order valence-electron chi connectivity index (χ0n) is 7.16. The normalized spacial score (nSPS) is 10.1. The molecule has 0 fully saturated rings. The molecule has 1 aromatic carbocycles. The molecule has 0 aliphatic heterocycles. The Morgan fingerprint density at radius 3 is 2.33 bits per heavy atom. The summed E-state index contributed by atoms with van der Waals surface area (Å²) in [4.78, 5) is 0. The fraction of sp³-hybridized carbons (Fsp3) is 0.400. The van der Waals surface area contributed by atoms with Crippen LogP contribution in [-0.4, -0.2) is 5.75 Å². The first kappa shape index (κ1) is 9.46. The van der Waals surface area contributed by atoms with Crippen LogP contribution in [0.3, 0.4) is 0 Å². The molecule has 1 rings (SSSR count). The predicted octanol–water partition coefficient (Wildman–Crippen LogP) is 2.52. The SMILES string of the molecule is Nc1ccc(CCCCS)cc1. The van der Waals surface area contributed by atoms with Gasteiger partial charge in [-0.3, -0.25) is 0 Å². The Balaban J connectivity index is 2.37. The monoisotopic (exact) mass is 181 g/mol. The summed E-state index contributed by atoms with van der Waals surface area (Å²) in [5.74, 6) is 0.981. The highest BCUT2D eigenvalue weighted by atomic mass is 32.1. The van der Waals surface area contributed by atoms with Crippen LogP contribution in [0.2, 0.25) is 0 Å². The number of benzene rings is 1. The minimum Gasteiger partial charge on any atom is -0.399 e. The van der Waals surface area contributed by atoms with Crippen molar-refractivity contribution in [2.45, 2.75) is 19.3 Å². The zero-order chi connectivity index (χ0) is 8.81. The highest BCUT2D eigenvalue weighted by molar-refractivity contribution is 7.80. The van der Waals surface area contributed by atoms with Gasteiger partial charge in [0, 0.05) is 5.69 Å². The van der Waals surface area contributed by atoms with Crippen LogP contribution in [0.4, 0.5) is 5.69 Å². The summed E-state index contributed by atoms with van der Waals surface area (Å²) in [6.45, 7) is 0. The lowest BCUT2D eigenvalue weighted by atomic mass is 10.1. The minimum atomic E-state index is 0.841. The molecular formula is C10H15NS. The maximum Gasteiger partial charge on any atom is 0.0314 e. The second kappa shape index (κ2) is 5.09. The van der Waals surface area contributed by atoms with Gasteiger partial charge in [0.1, 0.15) is 0 Å². The standard InChI is InChI=1S/C10H15NS/c11-10-6-4-9(5-7-10)3-1-2-8-12/h4-7,12H,1-3,8,11H2. The van der Waals surface area contributed by atoms with E-state index in [4.69, 9.17) is 5.73 Å². The topological polar surface area (TPSA) is 26.0 Å². The average molecular weight is 181 g/mol. The van der Waals surface area contributed by atoms with Gasteiger partial charge in [0.2, 0.25) is 0 Å². The molecule has 0 saturated heterocycles. The molecule has 2 heteroatoms. The molecule has 0 bridgehead atoms. The Labute approximate surface area is 79.4 Å². The van der Waals surface area contributed by atoms with E-state index in [-0.39, 0.29) is 0 Å². The van der Waals surface area contributed by atoms with Crippen molar-refractivity contribution in [2.75, 3.05) is 11.5 Å². The van der Waals surface area contributed by atoms with Crippen molar-refractivity contribution in [3.63, 3.8) is 0 Å². The van der Waals surface area contributed by atoms with Gasteiger partial charge in [-0.05, 0) is 42.7 Å². The van der Waals surface area contributed by atoms with Crippen LogP contribution in [0.15, 0.2) is 24.3 Å². The molecule has 0 unspecified atom stereocenters. The van der Waals surface area contributed by atoms with E-state index < -0.39 is 0 Å². The lowest BCUT2D eigenvalue weighted by Gasteiger charge is -2.00. The molecule has 12 heavy (non-hydrogen) atoms. The molecule has 0 aliphatic carbocycles. The number of nitrogens with two attached hydrogens (primary N) is 1. The molecule has 0 saturated carbocycles. The van der Waals surface area contributed by atoms with E-state index in [0.29, 0.717) is 0 Å². The molecule has 0 spiro atoms. The van der Waals surface area contributed by atoms with E-state index in [2.05, 4.69) is 24.8 Å². The van der Waals surface area contributed by atoms with Crippen LogP contribution in [-0.2, 0) is 6.42 Å². The van der Waals surface area contributed by atoms with Gasteiger partial charge in [0.05, 0.1) is 0 Å². The Hall–Kier alpha value is -0.630. The van der Waals surface area contributed by atoms with Crippen LogP contribution in [0.25, 0.3) is 0 Å². The number of rotatable bonds is 4. The highest BCUT2D eigenvalue weighted by Gasteiger charge is 1.91. The Morgan fingerprint density at radius 1 is 1.08 bits per heavy atom. The molecule has 0 amide bonds. The Kier molecular flexibility index (Phi) is 4.01. The molecule has 1 aromatic rings. The number of thiol groups is 1. The third-order valence-corrected chi connectivity index (χ3v) is 2.17. The highest BCUT2D eigenvalue weighted by Crippen LogP contribution is 2.08. The fourth-order valence-corrected chi connectivity index (χ4v) is 1.35.